The largest absolute Gasteiger partial charge is 0.508 e. The fraction of sp³-hybridized carbons (Fsp3) is 0. The van der Waals surface area contributed by atoms with Crippen LogP contribution in [0, 0.1) is 0 Å². The SMILES string of the molecule is Oc1ccc(Oc2nc3ccc(Br)cc3s2)cc1. The first kappa shape index (κ1) is 11.5. The molecule has 0 saturated heterocycles. The number of rotatable bonds is 2. The molecule has 0 aliphatic carbocycles. The van der Waals surface area contributed by atoms with E-state index in [0.29, 0.717) is 10.9 Å². The van der Waals surface area contributed by atoms with Crippen molar-refractivity contribution in [2.75, 3.05) is 0 Å². The van der Waals surface area contributed by atoms with Crippen molar-refractivity contribution in [2.24, 2.45) is 0 Å². The van der Waals surface area contributed by atoms with Gasteiger partial charge < -0.3 is 9.84 Å². The predicted octanol–water partition coefficient (Wildman–Crippen LogP) is 4.56. The molecule has 5 heteroatoms. The Morgan fingerprint density at radius 2 is 1.89 bits per heavy atom. The molecule has 0 fully saturated rings. The molecule has 3 nitrogen and oxygen atoms in total. The number of halogens is 1. The van der Waals surface area contributed by atoms with Crippen LogP contribution in [0.5, 0.6) is 16.7 Å². The Balaban J connectivity index is 1.92. The molecule has 3 aromatic rings. The molecule has 0 amide bonds. The molecular formula is C13H8BrNO2S. The zero-order valence-corrected chi connectivity index (χ0v) is 11.5. The lowest BCUT2D eigenvalue weighted by Gasteiger charge is -2.00. The molecule has 0 bridgehead atoms. The van der Waals surface area contributed by atoms with Crippen LogP contribution in [0.25, 0.3) is 10.2 Å². The number of phenolic OH excluding ortho intramolecular Hbond substituents is 1. The van der Waals surface area contributed by atoms with Gasteiger partial charge in [-0.25, -0.2) is 4.98 Å². The number of nitrogens with zero attached hydrogens (tertiary/aromatic N) is 1. The van der Waals surface area contributed by atoms with E-state index in [-0.39, 0.29) is 5.75 Å². The van der Waals surface area contributed by atoms with Crippen LogP contribution in [0.15, 0.2) is 46.9 Å². The van der Waals surface area contributed by atoms with Crippen molar-refractivity contribution in [3.05, 3.63) is 46.9 Å². The van der Waals surface area contributed by atoms with E-state index in [1.165, 1.54) is 11.3 Å². The van der Waals surface area contributed by atoms with Gasteiger partial charge in [0.25, 0.3) is 5.19 Å². The van der Waals surface area contributed by atoms with Gasteiger partial charge in [0.1, 0.15) is 11.5 Å². The molecule has 1 N–H and O–H groups in total. The number of hydrogen-bond donors (Lipinski definition) is 1. The van der Waals surface area contributed by atoms with Gasteiger partial charge in [0.2, 0.25) is 0 Å². The molecule has 0 saturated carbocycles. The van der Waals surface area contributed by atoms with Crippen molar-refractivity contribution in [1.29, 1.82) is 0 Å². The quantitative estimate of drug-likeness (QED) is 0.752. The number of ether oxygens (including phenoxy) is 1. The Morgan fingerprint density at radius 1 is 1.11 bits per heavy atom. The average molecular weight is 322 g/mol. The zero-order valence-electron chi connectivity index (χ0n) is 9.13. The lowest BCUT2D eigenvalue weighted by atomic mass is 10.3. The van der Waals surface area contributed by atoms with Crippen LogP contribution in [0.4, 0.5) is 0 Å². The van der Waals surface area contributed by atoms with E-state index in [1.807, 2.05) is 18.2 Å². The zero-order chi connectivity index (χ0) is 12.5. The molecule has 0 aliphatic heterocycles. The molecule has 0 unspecified atom stereocenters. The van der Waals surface area contributed by atoms with E-state index < -0.39 is 0 Å². The maximum atomic E-state index is 9.19. The number of benzene rings is 2. The summed E-state index contributed by atoms with van der Waals surface area (Å²) in [6.07, 6.45) is 0. The third-order valence-electron chi connectivity index (χ3n) is 2.37. The highest BCUT2D eigenvalue weighted by Crippen LogP contribution is 2.33. The van der Waals surface area contributed by atoms with Gasteiger partial charge in [-0.05, 0) is 42.5 Å². The Labute approximate surface area is 116 Å². The van der Waals surface area contributed by atoms with E-state index in [2.05, 4.69) is 20.9 Å². The summed E-state index contributed by atoms with van der Waals surface area (Å²) in [6, 6.07) is 12.5. The van der Waals surface area contributed by atoms with Gasteiger partial charge in [0, 0.05) is 4.47 Å². The minimum atomic E-state index is 0.218. The number of hydrogen-bond acceptors (Lipinski definition) is 4. The topological polar surface area (TPSA) is 42.4 Å². The summed E-state index contributed by atoms with van der Waals surface area (Å²) in [6.45, 7) is 0. The van der Waals surface area contributed by atoms with Crippen molar-refractivity contribution < 1.29 is 9.84 Å². The minimum absolute atomic E-state index is 0.218. The molecule has 1 heterocycles. The third-order valence-corrected chi connectivity index (χ3v) is 3.76. The molecule has 0 spiro atoms. The van der Waals surface area contributed by atoms with Crippen LogP contribution in [0.1, 0.15) is 0 Å². The van der Waals surface area contributed by atoms with Gasteiger partial charge in [0.05, 0.1) is 10.2 Å². The van der Waals surface area contributed by atoms with Crippen LogP contribution in [0.2, 0.25) is 0 Å². The van der Waals surface area contributed by atoms with E-state index in [4.69, 9.17) is 4.74 Å². The maximum Gasteiger partial charge on any atom is 0.279 e. The number of aromatic hydroxyl groups is 1. The summed E-state index contributed by atoms with van der Waals surface area (Å²) in [4.78, 5) is 4.38. The van der Waals surface area contributed by atoms with Crippen molar-refractivity contribution in [3.8, 4) is 16.7 Å². The second-order valence-electron chi connectivity index (χ2n) is 3.69. The van der Waals surface area contributed by atoms with E-state index in [9.17, 15) is 5.11 Å². The van der Waals surface area contributed by atoms with Gasteiger partial charge in [-0.1, -0.05) is 27.3 Å². The lowest BCUT2D eigenvalue weighted by Crippen LogP contribution is -1.81. The van der Waals surface area contributed by atoms with Crippen molar-refractivity contribution >= 4 is 37.5 Å². The van der Waals surface area contributed by atoms with Crippen LogP contribution < -0.4 is 4.74 Å². The number of phenols is 1. The third kappa shape index (κ3) is 2.32. The highest BCUT2D eigenvalue weighted by Gasteiger charge is 2.06. The highest BCUT2D eigenvalue weighted by atomic mass is 79.9. The Morgan fingerprint density at radius 3 is 2.67 bits per heavy atom. The normalized spacial score (nSPS) is 10.7. The standard InChI is InChI=1S/C13H8BrNO2S/c14-8-1-6-11-12(7-8)18-13(15-11)17-10-4-2-9(16)3-5-10/h1-7,16H. The smallest absolute Gasteiger partial charge is 0.279 e. The molecular weight excluding hydrogens is 314 g/mol. The van der Waals surface area contributed by atoms with E-state index in [0.717, 1.165) is 14.7 Å². The average Bonchev–Trinajstić information content (AvgIpc) is 2.73. The summed E-state index contributed by atoms with van der Waals surface area (Å²) >= 11 is 4.91. The van der Waals surface area contributed by atoms with Gasteiger partial charge in [-0.2, -0.15) is 0 Å². The Kier molecular flexibility index (Phi) is 2.93. The van der Waals surface area contributed by atoms with Crippen LogP contribution in [-0.2, 0) is 0 Å². The van der Waals surface area contributed by atoms with Gasteiger partial charge in [-0.3, -0.25) is 0 Å². The Hall–Kier alpha value is -1.59. The van der Waals surface area contributed by atoms with Gasteiger partial charge in [-0.15, -0.1) is 0 Å². The summed E-state index contributed by atoms with van der Waals surface area (Å²) in [7, 11) is 0. The molecule has 0 aliphatic rings. The molecule has 2 aromatic carbocycles. The maximum absolute atomic E-state index is 9.19. The molecule has 1 aromatic heterocycles. The van der Waals surface area contributed by atoms with E-state index >= 15 is 0 Å². The predicted molar refractivity (Wildman–Crippen MR) is 75.5 cm³/mol. The van der Waals surface area contributed by atoms with Crippen LogP contribution in [0.3, 0.4) is 0 Å². The summed E-state index contributed by atoms with van der Waals surface area (Å²) in [5, 5.41) is 9.79. The fourth-order valence-electron chi connectivity index (χ4n) is 1.54. The molecule has 3 rings (SSSR count). The summed E-state index contributed by atoms with van der Waals surface area (Å²) < 4.78 is 7.73. The first-order valence-corrected chi connectivity index (χ1v) is 6.85. The van der Waals surface area contributed by atoms with Crippen LogP contribution in [-0.4, -0.2) is 10.1 Å². The molecule has 0 radical (unpaired) electrons. The molecule has 18 heavy (non-hydrogen) atoms. The van der Waals surface area contributed by atoms with Crippen molar-refractivity contribution in [3.63, 3.8) is 0 Å². The Bertz CT molecular complexity index is 694. The first-order valence-electron chi connectivity index (χ1n) is 5.24. The summed E-state index contributed by atoms with van der Waals surface area (Å²) in [5.74, 6) is 0.876. The number of thiazole rings is 1. The van der Waals surface area contributed by atoms with E-state index in [1.54, 1.807) is 24.3 Å². The van der Waals surface area contributed by atoms with Crippen LogP contribution >= 0.6 is 27.3 Å². The lowest BCUT2D eigenvalue weighted by molar-refractivity contribution is 0.463. The molecule has 0 atom stereocenters. The first-order chi connectivity index (χ1) is 8.70. The number of aromatic nitrogens is 1. The van der Waals surface area contributed by atoms with Crippen molar-refractivity contribution in [1.82, 2.24) is 4.98 Å². The highest BCUT2D eigenvalue weighted by molar-refractivity contribution is 9.10. The monoisotopic (exact) mass is 321 g/mol. The fourth-order valence-corrected chi connectivity index (χ4v) is 2.92. The van der Waals surface area contributed by atoms with Crippen molar-refractivity contribution in [2.45, 2.75) is 0 Å². The molecule has 90 valence electrons. The van der Waals surface area contributed by atoms with Gasteiger partial charge in [0.15, 0.2) is 0 Å². The van der Waals surface area contributed by atoms with Gasteiger partial charge >= 0.3 is 0 Å². The second-order valence-corrected chi connectivity index (χ2v) is 5.60. The second kappa shape index (κ2) is 4.59. The summed E-state index contributed by atoms with van der Waals surface area (Å²) in [5.41, 5.74) is 0.914. The number of fused-ring (bicyclic) bond motifs is 1. The minimum Gasteiger partial charge on any atom is -0.508 e.